The van der Waals surface area contributed by atoms with Crippen molar-refractivity contribution >= 4 is 33.9 Å². The standard InChI is InChI=1S/C30H27N3O2S/c34-26(31-16-4-9-27-32-17-18-36-27)19-22-5-1-2-7-23(22)29(35)33-30(14-15-30)25-13-12-21-11-10-20-6-3-8-24(25)28(20)21/h3,5-8,12-13,17-18H,1-2,10-11,14-16,19H2,(H,31,34)(H,33,35). The smallest absolute Gasteiger partial charge is 0.251 e. The van der Waals surface area contributed by atoms with Crippen LogP contribution in [0.3, 0.4) is 0 Å². The van der Waals surface area contributed by atoms with Gasteiger partial charge in [-0.15, -0.1) is 11.3 Å². The zero-order valence-electron chi connectivity index (χ0n) is 20.0. The van der Waals surface area contributed by atoms with Crippen LogP contribution in [0.1, 0.15) is 53.8 Å². The molecule has 3 aromatic rings. The van der Waals surface area contributed by atoms with E-state index in [9.17, 15) is 9.59 Å². The molecule has 36 heavy (non-hydrogen) atoms. The maximum atomic E-state index is 13.5. The van der Waals surface area contributed by atoms with Crippen molar-refractivity contribution in [1.82, 2.24) is 15.6 Å². The molecule has 0 saturated heterocycles. The lowest BCUT2D eigenvalue weighted by Gasteiger charge is -2.23. The number of aromatic nitrogens is 1. The van der Waals surface area contributed by atoms with Crippen LogP contribution in [0.4, 0.5) is 0 Å². The van der Waals surface area contributed by atoms with Gasteiger partial charge in [0, 0.05) is 17.2 Å². The van der Waals surface area contributed by atoms with Gasteiger partial charge in [0.25, 0.3) is 5.91 Å². The number of thiazole rings is 1. The van der Waals surface area contributed by atoms with Crippen LogP contribution in [-0.4, -0.2) is 23.3 Å². The number of nitrogens with zero attached hydrogens (tertiary/aromatic N) is 1. The molecule has 0 radical (unpaired) electrons. The van der Waals surface area contributed by atoms with Crippen molar-refractivity contribution in [2.24, 2.45) is 0 Å². The van der Waals surface area contributed by atoms with Gasteiger partial charge in [0.2, 0.25) is 5.91 Å². The lowest BCUT2D eigenvalue weighted by Crippen LogP contribution is -2.37. The average Bonchev–Trinajstić information content (AvgIpc) is 3.26. The molecule has 5 nitrogen and oxygen atoms in total. The van der Waals surface area contributed by atoms with Crippen LogP contribution in [0, 0.1) is 11.8 Å². The molecule has 180 valence electrons. The van der Waals surface area contributed by atoms with Gasteiger partial charge in [-0.05, 0) is 77.5 Å². The highest BCUT2D eigenvalue weighted by atomic mass is 32.1. The number of amides is 2. The third kappa shape index (κ3) is 4.36. The van der Waals surface area contributed by atoms with Gasteiger partial charge in [0.1, 0.15) is 0 Å². The monoisotopic (exact) mass is 493 g/mol. The number of benzene rings is 2. The molecule has 1 heterocycles. The molecule has 0 spiro atoms. The number of allylic oxidation sites excluding steroid dienone is 2. The Kier molecular flexibility index (Phi) is 5.94. The molecule has 2 N–H and O–H groups in total. The summed E-state index contributed by atoms with van der Waals surface area (Å²) in [5.74, 6) is 5.64. The van der Waals surface area contributed by atoms with Gasteiger partial charge in [-0.1, -0.05) is 48.4 Å². The Morgan fingerprint density at radius 1 is 1.06 bits per heavy atom. The van der Waals surface area contributed by atoms with Crippen molar-refractivity contribution in [2.45, 2.75) is 50.5 Å². The molecular weight excluding hydrogens is 466 g/mol. The summed E-state index contributed by atoms with van der Waals surface area (Å²) in [7, 11) is 0. The fraction of sp³-hybridized carbons (Fsp3) is 0.300. The van der Waals surface area contributed by atoms with E-state index in [2.05, 4.69) is 57.8 Å². The Balaban J connectivity index is 1.14. The number of rotatable bonds is 6. The Morgan fingerprint density at radius 2 is 1.89 bits per heavy atom. The number of hydrogen-bond donors (Lipinski definition) is 2. The predicted molar refractivity (Wildman–Crippen MR) is 142 cm³/mol. The molecule has 1 saturated carbocycles. The second-order valence-electron chi connectivity index (χ2n) is 9.67. The molecule has 6 heteroatoms. The highest BCUT2D eigenvalue weighted by Gasteiger charge is 2.47. The van der Waals surface area contributed by atoms with Gasteiger partial charge in [-0.3, -0.25) is 9.59 Å². The van der Waals surface area contributed by atoms with Gasteiger partial charge in [0.05, 0.1) is 18.5 Å². The first-order valence-corrected chi connectivity index (χ1v) is 13.4. The molecular formula is C30H27N3O2S. The molecule has 3 aliphatic rings. The second-order valence-corrected chi connectivity index (χ2v) is 10.6. The van der Waals surface area contributed by atoms with Crippen LogP contribution in [0.5, 0.6) is 0 Å². The van der Waals surface area contributed by atoms with E-state index in [1.807, 2.05) is 17.5 Å². The Bertz CT molecular complexity index is 1470. The average molecular weight is 494 g/mol. The van der Waals surface area contributed by atoms with E-state index in [1.54, 1.807) is 6.20 Å². The summed E-state index contributed by atoms with van der Waals surface area (Å²) in [5, 5.41) is 11.5. The van der Waals surface area contributed by atoms with Gasteiger partial charge in [0.15, 0.2) is 5.01 Å². The zero-order valence-corrected chi connectivity index (χ0v) is 20.8. The Labute approximate surface area is 214 Å². The molecule has 0 atom stereocenters. The minimum Gasteiger partial charge on any atom is -0.345 e. The molecule has 1 aromatic heterocycles. The van der Waals surface area contributed by atoms with Crippen LogP contribution in [-0.2, 0) is 28.0 Å². The summed E-state index contributed by atoms with van der Waals surface area (Å²) < 4.78 is 0. The van der Waals surface area contributed by atoms with E-state index < -0.39 is 0 Å². The molecule has 0 aliphatic heterocycles. The highest BCUT2D eigenvalue weighted by molar-refractivity contribution is 7.10. The SMILES string of the molecule is O=C(CC1=CCCC=C1C(=O)NC1(c2ccc3c4c(cccc24)CC3)CC1)NCC#Cc1nccs1. The van der Waals surface area contributed by atoms with E-state index in [1.165, 1.54) is 38.8 Å². The van der Waals surface area contributed by atoms with Crippen molar-refractivity contribution in [2.75, 3.05) is 6.54 Å². The van der Waals surface area contributed by atoms with E-state index in [-0.39, 0.29) is 30.3 Å². The first kappa shape index (κ1) is 22.8. The number of carbonyl (C=O) groups excluding carboxylic acids is 2. The van der Waals surface area contributed by atoms with Crippen molar-refractivity contribution in [3.63, 3.8) is 0 Å². The van der Waals surface area contributed by atoms with Gasteiger partial charge in [-0.25, -0.2) is 4.98 Å². The van der Waals surface area contributed by atoms with Crippen molar-refractivity contribution in [1.29, 1.82) is 0 Å². The third-order valence-corrected chi connectivity index (χ3v) is 8.03. The van der Waals surface area contributed by atoms with Gasteiger partial charge < -0.3 is 10.6 Å². The fourth-order valence-corrected chi connectivity index (χ4v) is 5.95. The van der Waals surface area contributed by atoms with E-state index in [4.69, 9.17) is 0 Å². The normalized spacial score (nSPS) is 17.0. The van der Waals surface area contributed by atoms with Crippen LogP contribution < -0.4 is 10.6 Å². The predicted octanol–water partition coefficient (Wildman–Crippen LogP) is 4.70. The summed E-state index contributed by atoms with van der Waals surface area (Å²) in [6.45, 7) is 0.255. The van der Waals surface area contributed by atoms with E-state index >= 15 is 0 Å². The first-order valence-electron chi connectivity index (χ1n) is 12.5. The summed E-state index contributed by atoms with van der Waals surface area (Å²) >= 11 is 1.47. The van der Waals surface area contributed by atoms with Crippen molar-refractivity contribution in [3.05, 3.63) is 86.9 Å². The molecule has 2 amide bonds. The zero-order chi connectivity index (χ0) is 24.5. The van der Waals surface area contributed by atoms with E-state index in [0.29, 0.717) is 5.57 Å². The van der Waals surface area contributed by atoms with Crippen molar-refractivity contribution < 1.29 is 9.59 Å². The summed E-state index contributed by atoms with van der Waals surface area (Å²) in [5.41, 5.74) is 5.14. The van der Waals surface area contributed by atoms with Crippen LogP contribution in [0.2, 0.25) is 0 Å². The molecule has 2 aromatic carbocycles. The summed E-state index contributed by atoms with van der Waals surface area (Å²) in [4.78, 5) is 30.2. The first-order chi connectivity index (χ1) is 17.6. The maximum absolute atomic E-state index is 13.5. The number of nitrogens with one attached hydrogen (secondary N) is 2. The molecule has 0 bridgehead atoms. The Morgan fingerprint density at radius 3 is 2.69 bits per heavy atom. The quantitative estimate of drug-likeness (QED) is 0.489. The highest BCUT2D eigenvalue weighted by Crippen LogP contribution is 2.49. The molecule has 1 fully saturated rings. The fourth-order valence-electron chi connectivity index (χ4n) is 5.45. The van der Waals surface area contributed by atoms with Crippen LogP contribution in [0.25, 0.3) is 10.8 Å². The second kappa shape index (κ2) is 9.40. The van der Waals surface area contributed by atoms with Crippen LogP contribution in [0.15, 0.2) is 65.2 Å². The van der Waals surface area contributed by atoms with Gasteiger partial charge >= 0.3 is 0 Å². The van der Waals surface area contributed by atoms with E-state index in [0.717, 1.165) is 49.1 Å². The van der Waals surface area contributed by atoms with Crippen molar-refractivity contribution in [3.8, 4) is 11.8 Å². The largest absolute Gasteiger partial charge is 0.345 e. The van der Waals surface area contributed by atoms with Crippen LogP contribution >= 0.6 is 11.3 Å². The lowest BCUT2D eigenvalue weighted by molar-refractivity contribution is -0.120. The minimum absolute atomic E-state index is 0.0851. The summed E-state index contributed by atoms with van der Waals surface area (Å²) in [6.07, 6.45) is 11.6. The number of aryl methyl sites for hydroxylation is 2. The number of hydrogen-bond acceptors (Lipinski definition) is 4. The summed E-state index contributed by atoms with van der Waals surface area (Å²) in [6, 6.07) is 11.0. The number of carbonyl (C=O) groups is 2. The lowest BCUT2D eigenvalue weighted by atomic mass is 9.91. The topological polar surface area (TPSA) is 71.1 Å². The minimum atomic E-state index is -0.325. The maximum Gasteiger partial charge on any atom is 0.251 e. The molecule has 0 unspecified atom stereocenters. The third-order valence-electron chi connectivity index (χ3n) is 7.34. The van der Waals surface area contributed by atoms with Gasteiger partial charge in [-0.2, -0.15) is 0 Å². The Hall–Kier alpha value is -3.69. The molecule has 6 rings (SSSR count). The molecule has 3 aliphatic carbocycles.